The van der Waals surface area contributed by atoms with E-state index in [1.165, 1.54) is 0 Å². The maximum absolute atomic E-state index is 12.8. The summed E-state index contributed by atoms with van der Waals surface area (Å²) in [6, 6.07) is 3.74. The van der Waals surface area contributed by atoms with Crippen molar-refractivity contribution in [2.24, 2.45) is 0 Å². The topological polar surface area (TPSA) is 46.5 Å². The van der Waals surface area contributed by atoms with Crippen LogP contribution in [-0.4, -0.2) is 23.9 Å². The van der Waals surface area contributed by atoms with Crippen LogP contribution in [0.2, 0.25) is 0 Å². The molecule has 94 valence electrons. The Bertz CT molecular complexity index is 403. The molecule has 0 unspecified atom stereocenters. The van der Waals surface area contributed by atoms with E-state index >= 15 is 0 Å². The van der Waals surface area contributed by atoms with Gasteiger partial charge in [-0.25, -0.2) is 9.18 Å². The predicted molar refractivity (Wildman–Crippen MR) is 48.8 cm³/mol. The van der Waals surface area contributed by atoms with Gasteiger partial charge in [0.2, 0.25) is 0 Å². The summed E-state index contributed by atoms with van der Waals surface area (Å²) < 4.78 is 54.6. The maximum atomic E-state index is 12.8. The molecule has 0 aliphatic rings. The van der Waals surface area contributed by atoms with Gasteiger partial charge in [-0.3, -0.25) is 0 Å². The molecule has 0 spiro atoms. The van der Waals surface area contributed by atoms with E-state index in [1.54, 1.807) is 0 Å². The molecule has 0 saturated carbocycles. The van der Waals surface area contributed by atoms with Gasteiger partial charge in [0.05, 0.1) is 0 Å². The lowest BCUT2D eigenvalue weighted by atomic mass is 10.1. The highest BCUT2D eigenvalue weighted by Gasteiger charge is 2.42. The smallest absolute Gasteiger partial charge is 0.418 e. The molecule has 1 atom stereocenters. The average molecular weight is 252 g/mol. The first kappa shape index (κ1) is 13.4. The van der Waals surface area contributed by atoms with Gasteiger partial charge in [0.1, 0.15) is 12.4 Å². The summed E-state index contributed by atoms with van der Waals surface area (Å²) in [6.07, 6.45) is -7.25. The van der Waals surface area contributed by atoms with Crippen LogP contribution in [0.25, 0.3) is 0 Å². The number of benzene rings is 1. The summed E-state index contributed by atoms with van der Waals surface area (Å²) in [5, 5.41) is 8.26. The van der Waals surface area contributed by atoms with Crippen molar-refractivity contribution in [1.29, 1.82) is 0 Å². The van der Waals surface area contributed by atoms with E-state index in [9.17, 15) is 22.4 Å². The average Bonchev–Trinajstić information content (AvgIpc) is 2.15. The minimum Gasteiger partial charge on any atom is -0.480 e. The van der Waals surface area contributed by atoms with Gasteiger partial charge >= 0.3 is 12.1 Å². The minimum absolute atomic E-state index is 0.473. The van der Waals surface area contributed by atoms with E-state index in [4.69, 9.17) is 5.11 Å². The summed E-state index contributed by atoms with van der Waals surface area (Å²) in [4.78, 5) is 10.2. The predicted octanol–water partition coefficient (Wildman–Crippen LogP) is 2.53. The normalized spacial score (nSPS) is 13.4. The second kappa shape index (κ2) is 5.13. The summed E-state index contributed by atoms with van der Waals surface area (Å²) in [5.74, 6) is -2.38. The molecule has 1 aromatic rings. The Morgan fingerprint density at radius 2 is 2.06 bits per heavy atom. The zero-order chi connectivity index (χ0) is 13.1. The summed E-state index contributed by atoms with van der Waals surface area (Å²) >= 11 is 0. The molecule has 0 bridgehead atoms. The molecule has 3 nitrogen and oxygen atoms in total. The second-order valence-electron chi connectivity index (χ2n) is 3.18. The van der Waals surface area contributed by atoms with Gasteiger partial charge in [0.25, 0.3) is 0 Å². The first-order valence-electron chi connectivity index (χ1n) is 4.46. The van der Waals surface area contributed by atoms with Crippen molar-refractivity contribution in [3.8, 4) is 0 Å². The molecule has 0 fully saturated rings. The fourth-order valence-corrected chi connectivity index (χ4v) is 1.20. The molecule has 0 aliphatic heterocycles. The fourth-order valence-electron chi connectivity index (χ4n) is 1.20. The van der Waals surface area contributed by atoms with Gasteiger partial charge in [-0.05, 0) is 17.7 Å². The standard InChI is InChI=1S/C10H8F4O3/c11-7-3-1-2-6(4-7)9(10(12,13)14)17-5-8(15)16/h1-4,9H,5H2,(H,15,16)/t9-/m0/s1. The third-order valence-electron chi connectivity index (χ3n) is 1.82. The van der Waals surface area contributed by atoms with Crippen LogP contribution in [0.1, 0.15) is 11.7 Å². The Balaban J connectivity index is 2.94. The molecular formula is C10H8F4O3. The van der Waals surface area contributed by atoms with E-state index in [0.717, 1.165) is 18.2 Å². The Labute approximate surface area is 93.6 Å². The molecule has 7 heteroatoms. The third-order valence-corrected chi connectivity index (χ3v) is 1.82. The van der Waals surface area contributed by atoms with Gasteiger partial charge in [-0.2, -0.15) is 13.2 Å². The number of hydrogen-bond donors (Lipinski definition) is 1. The minimum atomic E-state index is -4.80. The highest BCUT2D eigenvalue weighted by atomic mass is 19.4. The summed E-state index contributed by atoms with van der Waals surface area (Å²) in [5.41, 5.74) is -0.473. The molecule has 0 aromatic heterocycles. The molecular weight excluding hydrogens is 244 g/mol. The van der Waals surface area contributed by atoms with Gasteiger partial charge in [0.15, 0.2) is 6.10 Å². The van der Waals surface area contributed by atoms with Crippen LogP contribution >= 0.6 is 0 Å². The van der Waals surface area contributed by atoms with Crippen LogP contribution in [-0.2, 0) is 9.53 Å². The van der Waals surface area contributed by atoms with Gasteiger partial charge in [-0.15, -0.1) is 0 Å². The number of carboxylic acid groups (broad SMARTS) is 1. The number of hydrogen-bond acceptors (Lipinski definition) is 2. The largest absolute Gasteiger partial charge is 0.480 e. The van der Waals surface area contributed by atoms with Crippen molar-refractivity contribution >= 4 is 5.97 Å². The zero-order valence-electron chi connectivity index (χ0n) is 8.37. The lowest BCUT2D eigenvalue weighted by molar-refractivity contribution is -0.225. The molecule has 17 heavy (non-hydrogen) atoms. The SMILES string of the molecule is O=C(O)CO[C@@H](c1cccc(F)c1)C(F)(F)F. The highest BCUT2D eigenvalue weighted by molar-refractivity contribution is 5.68. The lowest BCUT2D eigenvalue weighted by Crippen LogP contribution is -2.26. The maximum Gasteiger partial charge on any atom is 0.418 e. The molecule has 0 heterocycles. The second-order valence-corrected chi connectivity index (χ2v) is 3.18. The summed E-state index contributed by atoms with van der Waals surface area (Å²) in [6.45, 7) is -1.11. The number of carboxylic acids is 1. The number of alkyl halides is 3. The van der Waals surface area contributed by atoms with Crippen molar-refractivity contribution in [2.75, 3.05) is 6.61 Å². The molecule has 0 saturated heterocycles. The lowest BCUT2D eigenvalue weighted by Gasteiger charge is -2.20. The highest BCUT2D eigenvalue weighted by Crippen LogP contribution is 2.35. The van der Waals surface area contributed by atoms with E-state index < -0.39 is 36.2 Å². The number of aliphatic carboxylic acids is 1. The van der Waals surface area contributed by atoms with E-state index in [-0.39, 0.29) is 0 Å². The number of ether oxygens (including phenoxy) is 1. The van der Waals surface area contributed by atoms with Crippen molar-refractivity contribution in [1.82, 2.24) is 0 Å². The number of rotatable bonds is 4. The first-order chi connectivity index (χ1) is 7.80. The summed E-state index contributed by atoms with van der Waals surface area (Å²) in [7, 11) is 0. The van der Waals surface area contributed by atoms with Crippen LogP contribution in [0.15, 0.2) is 24.3 Å². The van der Waals surface area contributed by atoms with E-state index in [0.29, 0.717) is 6.07 Å². The van der Waals surface area contributed by atoms with Gasteiger partial charge < -0.3 is 9.84 Å². The quantitative estimate of drug-likeness (QED) is 0.837. The van der Waals surface area contributed by atoms with Crippen LogP contribution in [0.4, 0.5) is 17.6 Å². The van der Waals surface area contributed by atoms with Crippen LogP contribution in [0, 0.1) is 5.82 Å². The van der Waals surface area contributed by atoms with Crippen molar-refractivity contribution in [3.63, 3.8) is 0 Å². The Kier molecular flexibility index (Phi) is 4.06. The zero-order valence-corrected chi connectivity index (χ0v) is 8.37. The van der Waals surface area contributed by atoms with Crippen LogP contribution in [0.5, 0.6) is 0 Å². The fraction of sp³-hybridized carbons (Fsp3) is 0.300. The molecule has 0 radical (unpaired) electrons. The molecule has 0 amide bonds. The Morgan fingerprint density at radius 3 is 2.53 bits per heavy atom. The monoisotopic (exact) mass is 252 g/mol. The Hall–Kier alpha value is -1.63. The number of carbonyl (C=O) groups is 1. The van der Waals surface area contributed by atoms with Crippen molar-refractivity contribution in [3.05, 3.63) is 35.6 Å². The molecule has 1 N–H and O–H groups in total. The molecule has 0 aliphatic carbocycles. The van der Waals surface area contributed by atoms with E-state index in [2.05, 4.69) is 4.74 Å². The molecule has 1 aromatic carbocycles. The molecule has 1 rings (SSSR count). The van der Waals surface area contributed by atoms with Crippen LogP contribution < -0.4 is 0 Å². The van der Waals surface area contributed by atoms with Gasteiger partial charge in [0, 0.05) is 0 Å². The van der Waals surface area contributed by atoms with Gasteiger partial charge in [-0.1, -0.05) is 12.1 Å². The number of halogens is 4. The van der Waals surface area contributed by atoms with Crippen molar-refractivity contribution < 1.29 is 32.2 Å². The van der Waals surface area contributed by atoms with Crippen molar-refractivity contribution in [2.45, 2.75) is 12.3 Å². The van der Waals surface area contributed by atoms with E-state index in [1.807, 2.05) is 0 Å². The Morgan fingerprint density at radius 1 is 1.41 bits per heavy atom. The third kappa shape index (κ3) is 4.03. The first-order valence-corrected chi connectivity index (χ1v) is 4.46. The van der Waals surface area contributed by atoms with Crippen LogP contribution in [0.3, 0.4) is 0 Å².